The molecule has 3 heteroatoms. The van der Waals surface area contributed by atoms with Crippen LogP contribution in [0.5, 0.6) is 11.5 Å². The van der Waals surface area contributed by atoms with Crippen molar-refractivity contribution < 1.29 is 9.47 Å². The Balaban J connectivity index is 2.17. The fourth-order valence-electron chi connectivity index (χ4n) is 2.98. The second-order valence-corrected chi connectivity index (χ2v) is 7.40. The zero-order chi connectivity index (χ0) is 18.2. The molecule has 138 valence electrons. The summed E-state index contributed by atoms with van der Waals surface area (Å²) in [5, 5.41) is 2.55. The molecule has 25 heavy (non-hydrogen) atoms. The molecule has 0 aromatic heterocycles. The van der Waals surface area contributed by atoms with Gasteiger partial charge in [-0.1, -0.05) is 38.1 Å². The van der Waals surface area contributed by atoms with E-state index in [0.29, 0.717) is 5.38 Å². The average Bonchev–Trinajstić information content (AvgIpc) is 2.62. The van der Waals surface area contributed by atoms with Gasteiger partial charge in [0.15, 0.2) is 0 Å². The van der Waals surface area contributed by atoms with Gasteiger partial charge < -0.3 is 9.47 Å². The molecular weight excluding hydrogens is 332 g/mol. The lowest BCUT2D eigenvalue weighted by Gasteiger charge is -2.19. The molecule has 1 atom stereocenters. The van der Waals surface area contributed by atoms with Gasteiger partial charge in [-0.25, -0.2) is 0 Å². The molecule has 0 saturated heterocycles. The van der Waals surface area contributed by atoms with E-state index >= 15 is 0 Å². The third-order valence-corrected chi connectivity index (χ3v) is 4.91. The largest absolute Gasteiger partial charge is 0.493 e. The van der Waals surface area contributed by atoms with Gasteiger partial charge in [0.2, 0.25) is 0 Å². The van der Waals surface area contributed by atoms with E-state index in [-0.39, 0.29) is 6.10 Å². The fraction of sp³-hybridized carbons (Fsp3) is 0.545. The molecule has 2 rings (SSSR count). The van der Waals surface area contributed by atoms with Gasteiger partial charge in [-0.3, -0.25) is 0 Å². The summed E-state index contributed by atoms with van der Waals surface area (Å²) < 4.78 is 12.3. The van der Waals surface area contributed by atoms with E-state index in [1.807, 2.05) is 0 Å². The number of hydrogen-bond donors (Lipinski definition) is 0. The van der Waals surface area contributed by atoms with E-state index in [4.69, 9.17) is 21.1 Å². The normalized spacial score (nSPS) is 12.6. The topological polar surface area (TPSA) is 18.5 Å². The Morgan fingerprint density at radius 1 is 1.04 bits per heavy atom. The van der Waals surface area contributed by atoms with Gasteiger partial charge in [0.1, 0.15) is 11.5 Å². The van der Waals surface area contributed by atoms with Crippen molar-refractivity contribution in [1.82, 2.24) is 0 Å². The zero-order valence-electron chi connectivity index (χ0n) is 16.0. The highest BCUT2D eigenvalue weighted by Crippen LogP contribution is 2.37. The lowest BCUT2D eigenvalue weighted by molar-refractivity contribution is 0.242. The Hall–Kier alpha value is -1.41. The Kier molecular flexibility index (Phi) is 7.90. The number of rotatable bonds is 10. The number of benzene rings is 2. The van der Waals surface area contributed by atoms with E-state index in [9.17, 15) is 0 Å². The fourth-order valence-corrected chi connectivity index (χ4v) is 3.14. The Labute approximate surface area is 157 Å². The molecule has 0 aliphatic rings. The number of halogens is 1. The molecule has 1 unspecified atom stereocenters. The average molecular weight is 363 g/mol. The first-order valence-corrected chi connectivity index (χ1v) is 9.98. The van der Waals surface area contributed by atoms with Crippen LogP contribution in [-0.4, -0.2) is 18.1 Å². The molecule has 0 spiro atoms. The van der Waals surface area contributed by atoms with Crippen molar-refractivity contribution in [2.45, 2.75) is 71.3 Å². The van der Waals surface area contributed by atoms with Crippen LogP contribution >= 0.6 is 11.6 Å². The van der Waals surface area contributed by atoms with Crippen LogP contribution in [0.4, 0.5) is 0 Å². The summed E-state index contributed by atoms with van der Waals surface area (Å²) in [6.45, 7) is 9.16. The monoisotopic (exact) mass is 362 g/mol. The van der Waals surface area contributed by atoms with E-state index in [1.54, 1.807) is 0 Å². The van der Waals surface area contributed by atoms with E-state index in [1.165, 1.54) is 5.56 Å². The zero-order valence-corrected chi connectivity index (χ0v) is 16.7. The number of aryl methyl sites for hydroxylation is 1. The summed E-state index contributed by atoms with van der Waals surface area (Å²) in [4.78, 5) is 0. The molecule has 0 heterocycles. The van der Waals surface area contributed by atoms with Crippen molar-refractivity contribution in [3.05, 3.63) is 35.9 Å². The van der Waals surface area contributed by atoms with Crippen molar-refractivity contribution in [2.24, 2.45) is 0 Å². The van der Waals surface area contributed by atoms with Crippen LogP contribution in [0.15, 0.2) is 30.3 Å². The Bertz CT molecular complexity index is 666. The van der Waals surface area contributed by atoms with Crippen LogP contribution in [0.1, 0.15) is 58.9 Å². The molecule has 0 aliphatic carbocycles. The number of alkyl halides is 1. The molecule has 0 N–H and O–H groups in total. The minimum Gasteiger partial charge on any atom is -0.493 e. The van der Waals surface area contributed by atoms with E-state index in [0.717, 1.165) is 61.0 Å². The molecule has 2 nitrogen and oxygen atoms in total. The van der Waals surface area contributed by atoms with Crippen molar-refractivity contribution in [3.63, 3.8) is 0 Å². The van der Waals surface area contributed by atoms with Crippen LogP contribution in [0, 0.1) is 0 Å². The summed E-state index contributed by atoms with van der Waals surface area (Å²) in [6.07, 6.45) is 5.31. The standard InChI is InChI=1S/C22H31ClO2/c1-5-17-15-21(24-14-10-9-11-18(23)6-2)19-12-7-8-13-20(19)22(17)25-16(3)4/h7-8,12-13,15-16,18H,5-6,9-11,14H2,1-4H3. The molecule has 0 fully saturated rings. The minimum absolute atomic E-state index is 0.155. The van der Waals surface area contributed by atoms with Gasteiger partial charge in [-0.05, 0) is 57.6 Å². The second kappa shape index (κ2) is 9.91. The van der Waals surface area contributed by atoms with Crippen LogP contribution in [0.2, 0.25) is 0 Å². The minimum atomic E-state index is 0.155. The second-order valence-electron chi connectivity index (χ2n) is 6.78. The van der Waals surface area contributed by atoms with Crippen molar-refractivity contribution in [2.75, 3.05) is 6.61 Å². The Morgan fingerprint density at radius 3 is 2.40 bits per heavy atom. The molecule has 0 aliphatic heterocycles. The van der Waals surface area contributed by atoms with Gasteiger partial charge in [-0.2, -0.15) is 0 Å². The predicted molar refractivity (Wildman–Crippen MR) is 108 cm³/mol. The predicted octanol–water partition coefficient (Wildman–Crippen LogP) is 6.76. The van der Waals surface area contributed by atoms with Gasteiger partial charge in [-0.15, -0.1) is 11.6 Å². The number of unbranched alkanes of at least 4 members (excludes halogenated alkanes) is 1. The van der Waals surface area contributed by atoms with Gasteiger partial charge in [0, 0.05) is 16.1 Å². The Morgan fingerprint density at radius 2 is 1.76 bits per heavy atom. The van der Waals surface area contributed by atoms with E-state index < -0.39 is 0 Å². The maximum Gasteiger partial charge on any atom is 0.130 e. The first-order valence-electron chi connectivity index (χ1n) is 9.54. The maximum absolute atomic E-state index is 6.18. The number of hydrogen-bond acceptors (Lipinski definition) is 2. The first kappa shape index (κ1) is 19.9. The van der Waals surface area contributed by atoms with Gasteiger partial charge >= 0.3 is 0 Å². The third kappa shape index (κ3) is 5.54. The highest BCUT2D eigenvalue weighted by atomic mass is 35.5. The highest BCUT2D eigenvalue weighted by molar-refractivity contribution is 6.20. The van der Waals surface area contributed by atoms with E-state index in [2.05, 4.69) is 58.0 Å². The van der Waals surface area contributed by atoms with Crippen molar-refractivity contribution >= 4 is 22.4 Å². The molecule has 0 radical (unpaired) electrons. The number of ether oxygens (including phenoxy) is 2. The summed E-state index contributed by atoms with van der Waals surface area (Å²) in [5.74, 6) is 1.95. The summed E-state index contributed by atoms with van der Waals surface area (Å²) in [7, 11) is 0. The molecule has 0 bridgehead atoms. The molecular formula is C22H31ClO2. The highest BCUT2D eigenvalue weighted by Gasteiger charge is 2.14. The van der Waals surface area contributed by atoms with Gasteiger partial charge in [0.25, 0.3) is 0 Å². The van der Waals surface area contributed by atoms with Crippen LogP contribution in [-0.2, 0) is 6.42 Å². The quantitative estimate of drug-likeness (QED) is 0.343. The van der Waals surface area contributed by atoms with Crippen LogP contribution in [0.3, 0.4) is 0 Å². The summed E-state index contributed by atoms with van der Waals surface area (Å²) in [6, 6.07) is 10.5. The molecule has 0 saturated carbocycles. The van der Waals surface area contributed by atoms with Crippen molar-refractivity contribution in [3.8, 4) is 11.5 Å². The molecule has 2 aromatic rings. The molecule has 2 aromatic carbocycles. The first-order chi connectivity index (χ1) is 12.1. The van der Waals surface area contributed by atoms with Crippen molar-refractivity contribution in [1.29, 1.82) is 0 Å². The van der Waals surface area contributed by atoms with Crippen LogP contribution < -0.4 is 9.47 Å². The smallest absolute Gasteiger partial charge is 0.130 e. The van der Waals surface area contributed by atoms with Gasteiger partial charge in [0.05, 0.1) is 12.7 Å². The number of fused-ring (bicyclic) bond motifs is 1. The SMILES string of the molecule is CCc1cc(OCCCCC(Cl)CC)c2ccccc2c1OC(C)C. The maximum atomic E-state index is 6.18. The van der Waals surface area contributed by atoms with Crippen LogP contribution in [0.25, 0.3) is 10.8 Å². The summed E-state index contributed by atoms with van der Waals surface area (Å²) >= 11 is 6.18. The summed E-state index contributed by atoms with van der Waals surface area (Å²) in [5.41, 5.74) is 1.20. The lowest BCUT2D eigenvalue weighted by atomic mass is 10.0. The lowest BCUT2D eigenvalue weighted by Crippen LogP contribution is -2.08. The third-order valence-electron chi connectivity index (χ3n) is 4.38. The molecule has 0 amide bonds.